The van der Waals surface area contributed by atoms with E-state index in [1.165, 1.54) is 0 Å². The average molecular weight is 222 g/mol. The molecule has 0 unspecified atom stereocenters. The van der Waals surface area contributed by atoms with Crippen LogP contribution < -0.4 is 4.74 Å². The molecule has 0 amide bonds. The topological polar surface area (TPSA) is 52.6 Å². The Morgan fingerprint density at radius 1 is 1.12 bits per heavy atom. The van der Waals surface area contributed by atoms with Crippen LogP contribution in [0.2, 0.25) is 0 Å². The number of benzene rings is 1. The van der Waals surface area contributed by atoms with E-state index >= 15 is 0 Å². The molecule has 0 heterocycles. The van der Waals surface area contributed by atoms with Crippen molar-refractivity contribution in [3.05, 3.63) is 29.8 Å². The van der Waals surface area contributed by atoms with E-state index in [0.29, 0.717) is 24.3 Å². The fraction of sp³-hybridized carbons (Fsp3) is 0.333. The van der Waals surface area contributed by atoms with Crippen molar-refractivity contribution in [3.63, 3.8) is 0 Å². The van der Waals surface area contributed by atoms with Gasteiger partial charge < -0.3 is 9.47 Å². The number of ether oxygens (including phenoxy) is 2. The summed E-state index contributed by atoms with van der Waals surface area (Å²) in [5.41, 5.74) is 0.443. The van der Waals surface area contributed by atoms with Crippen molar-refractivity contribution >= 4 is 11.9 Å². The summed E-state index contributed by atoms with van der Waals surface area (Å²) in [7, 11) is 0. The van der Waals surface area contributed by atoms with Crippen LogP contribution >= 0.6 is 0 Å². The molecule has 86 valence electrons. The van der Waals surface area contributed by atoms with Gasteiger partial charge in [0.25, 0.3) is 0 Å². The molecule has 0 atom stereocenters. The summed E-state index contributed by atoms with van der Waals surface area (Å²) in [6.45, 7) is 3.80. The van der Waals surface area contributed by atoms with E-state index in [1.54, 1.807) is 38.1 Å². The van der Waals surface area contributed by atoms with Gasteiger partial charge in [0, 0.05) is 6.42 Å². The minimum Gasteiger partial charge on any atom is -0.462 e. The van der Waals surface area contributed by atoms with E-state index in [2.05, 4.69) is 0 Å². The Balaban J connectivity index is 2.67. The Kier molecular flexibility index (Phi) is 4.51. The lowest BCUT2D eigenvalue weighted by atomic mass is 10.2. The molecule has 0 aliphatic rings. The highest BCUT2D eigenvalue weighted by molar-refractivity contribution is 5.89. The number of rotatable bonds is 4. The summed E-state index contributed by atoms with van der Waals surface area (Å²) in [5, 5.41) is 0. The van der Waals surface area contributed by atoms with Crippen molar-refractivity contribution in [1.29, 1.82) is 0 Å². The van der Waals surface area contributed by atoms with Gasteiger partial charge in [0.15, 0.2) is 0 Å². The quantitative estimate of drug-likeness (QED) is 0.578. The van der Waals surface area contributed by atoms with E-state index in [9.17, 15) is 9.59 Å². The smallest absolute Gasteiger partial charge is 0.338 e. The van der Waals surface area contributed by atoms with Crippen LogP contribution in [0.5, 0.6) is 5.75 Å². The summed E-state index contributed by atoms with van der Waals surface area (Å²) in [4.78, 5) is 22.3. The van der Waals surface area contributed by atoms with E-state index in [4.69, 9.17) is 9.47 Å². The van der Waals surface area contributed by atoms with Crippen LogP contribution in [-0.2, 0) is 9.53 Å². The van der Waals surface area contributed by atoms with Crippen LogP contribution in [0.4, 0.5) is 0 Å². The fourth-order valence-electron chi connectivity index (χ4n) is 1.08. The summed E-state index contributed by atoms with van der Waals surface area (Å²) >= 11 is 0. The number of carbonyl (C=O) groups excluding carboxylic acids is 2. The molecule has 0 aliphatic carbocycles. The minimum absolute atomic E-state index is 0.302. The van der Waals surface area contributed by atoms with Gasteiger partial charge in [-0.3, -0.25) is 4.79 Å². The molecule has 0 saturated carbocycles. The first-order chi connectivity index (χ1) is 7.67. The number of hydrogen-bond acceptors (Lipinski definition) is 4. The third-order valence-corrected chi connectivity index (χ3v) is 1.89. The molecular weight excluding hydrogens is 208 g/mol. The minimum atomic E-state index is -0.379. The Morgan fingerprint density at radius 3 is 2.25 bits per heavy atom. The predicted octanol–water partition coefficient (Wildman–Crippen LogP) is 2.18. The lowest BCUT2D eigenvalue weighted by Gasteiger charge is -2.04. The van der Waals surface area contributed by atoms with Gasteiger partial charge in [-0.1, -0.05) is 6.92 Å². The maximum absolute atomic E-state index is 11.3. The first-order valence-electron chi connectivity index (χ1n) is 5.15. The molecule has 1 aromatic carbocycles. The van der Waals surface area contributed by atoms with Crippen molar-refractivity contribution in [1.82, 2.24) is 0 Å². The lowest BCUT2D eigenvalue weighted by Crippen LogP contribution is -2.07. The molecule has 4 nitrogen and oxygen atoms in total. The van der Waals surface area contributed by atoms with Gasteiger partial charge in [-0.25, -0.2) is 4.79 Å². The van der Waals surface area contributed by atoms with Gasteiger partial charge in [0.2, 0.25) is 0 Å². The second-order valence-electron chi connectivity index (χ2n) is 3.07. The van der Waals surface area contributed by atoms with Gasteiger partial charge in [0.05, 0.1) is 12.2 Å². The van der Waals surface area contributed by atoms with Gasteiger partial charge in [-0.15, -0.1) is 0 Å². The van der Waals surface area contributed by atoms with E-state index in [-0.39, 0.29) is 11.9 Å². The van der Waals surface area contributed by atoms with Crippen LogP contribution in [0, 0.1) is 0 Å². The molecule has 4 heteroatoms. The normalized spacial score (nSPS) is 9.62. The molecule has 0 aliphatic heterocycles. The van der Waals surface area contributed by atoms with E-state index < -0.39 is 0 Å². The standard InChI is InChI=1S/C12H14O4/c1-3-11(13)16-10-7-5-9(6-8-10)12(14)15-4-2/h5-8H,3-4H2,1-2H3. The summed E-state index contributed by atoms with van der Waals surface area (Å²) in [6.07, 6.45) is 0.319. The molecule has 0 bridgehead atoms. The molecular formula is C12H14O4. The van der Waals surface area contributed by atoms with Crippen molar-refractivity contribution in [2.75, 3.05) is 6.61 Å². The second-order valence-corrected chi connectivity index (χ2v) is 3.07. The first-order valence-corrected chi connectivity index (χ1v) is 5.15. The number of carbonyl (C=O) groups is 2. The van der Waals surface area contributed by atoms with Crippen molar-refractivity contribution in [2.45, 2.75) is 20.3 Å². The number of esters is 2. The van der Waals surface area contributed by atoms with Crippen molar-refractivity contribution in [3.8, 4) is 5.75 Å². The summed E-state index contributed by atoms with van der Waals surface area (Å²) < 4.78 is 9.79. The predicted molar refractivity (Wildman–Crippen MR) is 58.3 cm³/mol. The third kappa shape index (κ3) is 3.38. The number of hydrogen-bond donors (Lipinski definition) is 0. The lowest BCUT2D eigenvalue weighted by molar-refractivity contribution is -0.134. The zero-order valence-corrected chi connectivity index (χ0v) is 9.36. The van der Waals surface area contributed by atoms with Gasteiger partial charge >= 0.3 is 11.9 Å². The highest BCUT2D eigenvalue weighted by atomic mass is 16.5. The molecule has 0 saturated heterocycles. The molecule has 0 radical (unpaired) electrons. The zero-order chi connectivity index (χ0) is 12.0. The van der Waals surface area contributed by atoms with Crippen LogP contribution in [0.1, 0.15) is 30.6 Å². The van der Waals surface area contributed by atoms with Gasteiger partial charge in [0.1, 0.15) is 5.75 Å². The fourth-order valence-corrected chi connectivity index (χ4v) is 1.08. The maximum Gasteiger partial charge on any atom is 0.338 e. The SMILES string of the molecule is CCOC(=O)c1ccc(OC(=O)CC)cc1. The largest absolute Gasteiger partial charge is 0.462 e. The Labute approximate surface area is 94.2 Å². The monoisotopic (exact) mass is 222 g/mol. The zero-order valence-electron chi connectivity index (χ0n) is 9.36. The molecule has 16 heavy (non-hydrogen) atoms. The van der Waals surface area contributed by atoms with Crippen LogP contribution in [0.15, 0.2) is 24.3 Å². The van der Waals surface area contributed by atoms with Crippen LogP contribution in [0.3, 0.4) is 0 Å². The molecule has 1 rings (SSSR count). The van der Waals surface area contributed by atoms with Crippen molar-refractivity contribution in [2.24, 2.45) is 0 Å². The highest BCUT2D eigenvalue weighted by Crippen LogP contribution is 2.13. The third-order valence-electron chi connectivity index (χ3n) is 1.89. The van der Waals surface area contributed by atoms with Crippen molar-refractivity contribution < 1.29 is 19.1 Å². The Bertz CT molecular complexity index is 367. The highest BCUT2D eigenvalue weighted by Gasteiger charge is 2.07. The maximum atomic E-state index is 11.3. The van der Waals surface area contributed by atoms with Crippen LogP contribution in [0.25, 0.3) is 0 Å². The summed E-state index contributed by atoms with van der Waals surface area (Å²) in [6, 6.07) is 6.27. The Hall–Kier alpha value is -1.84. The molecule has 0 fully saturated rings. The molecule has 1 aromatic rings. The molecule has 0 spiro atoms. The van der Waals surface area contributed by atoms with E-state index in [1.807, 2.05) is 0 Å². The first kappa shape index (κ1) is 12.2. The Morgan fingerprint density at radius 2 is 1.75 bits per heavy atom. The molecule has 0 N–H and O–H groups in total. The summed E-state index contributed by atoms with van der Waals surface area (Å²) in [5.74, 6) is -0.250. The average Bonchev–Trinajstić information content (AvgIpc) is 2.30. The van der Waals surface area contributed by atoms with Gasteiger partial charge in [-0.05, 0) is 31.2 Å². The van der Waals surface area contributed by atoms with Crippen LogP contribution in [-0.4, -0.2) is 18.5 Å². The van der Waals surface area contributed by atoms with Gasteiger partial charge in [-0.2, -0.15) is 0 Å². The second kappa shape index (κ2) is 5.90. The van der Waals surface area contributed by atoms with E-state index in [0.717, 1.165) is 0 Å². The molecule has 0 aromatic heterocycles.